The second-order valence-electron chi connectivity index (χ2n) is 4.85. The Morgan fingerprint density at radius 3 is 2.33 bits per heavy atom. The van der Waals surface area contributed by atoms with Gasteiger partial charge in [0.1, 0.15) is 0 Å². The molecule has 18 heavy (non-hydrogen) atoms. The molecule has 0 N–H and O–H groups in total. The maximum Gasteiger partial charge on any atom is 0.372 e. The Labute approximate surface area is 110 Å². The number of benzene rings is 1. The first kappa shape index (κ1) is 14.5. The molecule has 1 rings (SSSR count). The summed E-state index contributed by atoms with van der Waals surface area (Å²) in [5, 5.41) is 0. The lowest BCUT2D eigenvalue weighted by atomic mass is 10.2. The monoisotopic (exact) mass is 264 g/mol. The molecule has 0 saturated carbocycles. The quantitative estimate of drug-likeness (QED) is 0.354. The van der Waals surface area contributed by atoms with Gasteiger partial charge in [0, 0.05) is 0 Å². The second kappa shape index (κ2) is 6.40. The van der Waals surface area contributed by atoms with E-state index < -0.39 is 14.3 Å². The van der Waals surface area contributed by atoms with Gasteiger partial charge in [-0.05, 0) is 38.2 Å². The van der Waals surface area contributed by atoms with Crippen LogP contribution in [-0.2, 0) is 14.0 Å². The van der Waals surface area contributed by atoms with E-state index in [2.05, 4.69) is 0 Å². The number of esters is 1. The van der Waals surface area contributed by atoms with Gasteiger partial charge in [-0.25, -0.2) is 4.79 Å². The number of ether oxygens (including phenoxy) is 1. The fraction of sp³-hybridized carbons (Fsp3) is 0.357. The molecule has 1 aromatic rings. The molecule has 1 aromatic carbocycles. The number of rotatable bonds is 5. The van der Waals surface area contributed by atoms with Crippen molar-refractivity contribution in [2.24, 2.45) is 0 Å². The Hall–Kier alpha value is -1.55. The zero-order chi connectivity index (χ0) is 13.6. The fourth-order valence-corrected chi connectivity index (χ4v) is 2.16. The molecular formula is C14H20O3Si. The predicted molar refractivity (Wildman–Crippen MR) is 75.5 cm³/mol. The van der Waals surface area contributed by atoms with Crippen LogP contribution in [0.3, 0.4) is 0 Å². The standard InChI is InChI=1S/C14H20O3Si/c1-5-16-14(15)13(17-18(2,3)4)11-12-9-7-6-8-10-12/h6-11H,5H2,1-4H3/b13-11-. The summed E-state index contributed by atoms with van der Waals surface area (Å²) >= 11 is 0. The molecule has 0 spiro atoms. The third kappa shape index (κ3) is 5.18. The summed E-state index contributed by atoms with van der Waals surface area (Å²) in [4.78, 5) is 11.8. The molecule has 0 aromatic heterocycles. The average molecular weight is 264 g/mol. The van der Waals surface area contributed by atoms with E-state index in [0.717, 1.165) is 5.56 Å². The molecule has 0 heterocycles. The highest BCUT2D eigenvalue weighted by Gasteiger charge is 2.22. The van der Waals surface area contributed by atoms with E-state index in [1.54, 1.807) is 13.0 Å². The van der Waals surface area contributed by atoms with Gasteiger partial charge >= 0.3 is 5.97 Å². The highest BCUT2D eigenvalue weighted by molar-refractivity contribution is 6.70. The summed E-state index contributed by atoms with van der Waals surface area (Å²) in [6.07, 6.45) is 1.73. The third-order valence-corrected chi connectivity index (χ3v) is 2.82. The molecule has 0 saturated heterocycles. The van der Waals surface area contributed by atoms with Gasteiger partial charge in [0.05, 0.1) is 6.61 Å². The van der Waals surface area contributed by atoms with Crippen LogP contribution in [0.1, 0.15) is 12.5 Å². The Morgan fingerprint density at radius 2 is 1.83 bits per heavy atom. The van der Waals surface area contributed by atoms with E-state index in [1.807, 2.05) is 50.0 Å². The Balaban J connectivity index is 2.97. The van der Waals surface area contributed by atoms with Gasteiger partial charge in [-0.1, -0.05) is 30.3 Å². The third-order valence-electron chi connectivity index (χ3n) is 1.99. The Morgan fingerprint density at radius 1 is 1.22 bits per heavy atom. The molecular weight excluding hydrogens is 244 g/mol. The van der Waals surface area contributed by atoms with Crippen LogP contribution in [0.4, 0.5) is 0 Å². The van der Waals surface area contributed by atoms with E-state index in [9.17, 15) is 4.79 Å². The van der Waals surface area contributed by atoms with Crippen LogP contribution in [0.15, 0.2) is 36.1 Å². The van der Waals surface area contributed by atoms with Crippen LogP contribution >= 0.6 is 0 Å². The molecule has 0 radical (unpaired) electrons. The maximum absolute atomic E-state index is 11.8. The van der Waals surface area contributed by atoms with Crippen LogP contribution in [-0.4, -0.2) is 20.9 Å². The van der Waals surface area contributed by atoms with Gasteiger partial charge in [0.15, 0.2) is 5.76 Å². The summed E-state index contributed by atoms with van der Waals surface area (Å²) < 4.78 is 10.8. The minimum atomic E-state index is -1.84. The largest absolute Gasteiger partial charge is 0.539 e. The van der Waals surface area contributed by atoms with Crippen molar-refractivity contribution in [1.29, 1.82) is 0 Å². The van der Waals surface area contributed by atoms with Gasteiger partial charge in [0.25, 0.3) is 0 Å². The maximum atomic E-state index is 11.8. The van der Waals surface area contributed by atoms with Crippen molar-refractivity contribution < 1.29 is 14.0 Å². The highest BCUT2D eigenvalue weighted by Crippen LogP contribution is 2.15. The number of hydrogen-bond acceptors (Lipinski definition) is 3. The fourth-order valence-electron chi connectivity index (χ4n) is 1.36. The summed E-state index contributed by atoms with van der Waals surface area (Å²) in [6.45, 7) is 8.23. The first-order chi connectivity index (χ1) is 8.42. The summed E-state index contributed by atoms with van der Waals surface area (Å²) in [5.74, 6) is -0.106. The van der Waals surface area contributed by atoms with E-state index in [1.165, 1.54) is 0 Å². The number of carbonyl (C=O) groups excluding carboxylic acids is 1. The van der Waals surface area contributed by atoms with Crippen molar-refractivity contribution in [2.45, 2.75) is 26.6 Å². The van der Waals surface area contributed by atoms with Gasteiger partial charge in [0.2, 0.25) is 8.32 Å². The smallest absolute Gasteiger partial charge is 0.372 e. The first-order valence-electron chi connectivity index (χ1n) is 6.05. The predicted octanol–water partition coefficient (Wildman–Crippen LogP) is 3.44. The number of carbonyl (C=O) groups is 1. The molecule has 0 atom stereocenters. The molecule has 98 valence electrons. The van der Waals surface area contributed by atoms with Crippen LogP contribution < -0.4 is 0 Å². The van der Waals surface area contributed by atoms with E-state index in [4.69, 9.17) is 9.16 Å². The minimum Gasteiger partial charge on any atom is -0.539 e. The van der Waals surface area contributed by atoms with E-state index in [-0.39, 0.29) is 0 Å². The van der Waals surface area contributed by atoms with Crippen LogP contribution in [0, 0.1) is 0 Å². The van der Waals surface area contributed by atoms with Gasteiger partial charge < -0.3 is 9.16 Å². The molecule has 4 heteroatoms. The summed E-state index contributed by atoms with van der Waals surface area (Å²) in [5.41, 5.74) is 0.929. The van der Waals surface area contributed by atoms with Crippen molar-refractivity contribution in [2.75, 3.05) is 6.61 Å². The molecule has 0 fully saturated rings. The van der Waals surface area contributed by atoms with E-state index in [0.29, 0.717) is 12.4 Å². The highest BCUT2D eigenvalue weighted by atomic mass is 28.4. The van der Waals surface area contributed by atoms with Crippen LogP contribution in [0.5, 0.6) is 0 Å². The normalized spacial score (nSPS) is 12.1. The van der Waals surface area contributed by atoms with Crippen molar-refractivity contribution in [3.63, 3.8) is 0 Å². The second-order valence-corrected chi connectivity index (χ2v) is 9.28. The Bertz CT molecular complexity index is 418. The summed E-state index contributed by atoms with van der Waals surface area (Å²) in [6, 6.07) is 9.62. The summed E-state index contributed by atoms with van der Waals surface area (Å²) in [7, 11) is -1.84. The lowest BCUT2D eigenvalue weighted by molar-refractivity contribution is -0.141. The van der Waals surface area contributed by atoms with Crippen LogP contribution in [0.2, 0.25) is 19.6 Å². The van der Waals surface area contributed by atoms with Crippen molar-refractivity contribution >= 4 is 20.4 Å². The average Bonchev–Trinajstić information content (AvgIpc) is 2.28. The van der Waals surface area contributed by atoms with Gasteiger partial charge in [-0.2, -0.15) is 0 Å². The molecule has 0 unspecified atom stereocenters. The Kier molecular flexibility index (Phi) is 5.16. The topological polar surface area (TPSA) is 35.5 Å². The zero-order valence-electron chi connectivity index (χ0n) is 11.4. The molecule has 3 nitrogen and oxygen atoms in total. The SMILES string of the molecule is CCOC(=O)/C(=C/c1ccccc1)O[Si](C)(C)C. The lowest BCUT2D eigenvalue weighted by Gasteiger charge is -2.20. The zero-order valence-corrected chi connectivity index (χ0v) is 12.4. The minimum absolute atomic E-state index is 0.294. The molecule has 0 aliphatic carbocycles. The first-order valence-corrected chi connectivity index (χ1v) is 9.46. The molecule has 0 aliphatic rings. The molecule has 0 amide bonds. The van der Waals surface area contributed by atoms with E-state index >= 15 is 0 Å². The van der Waals surface area contributed by atoms with Crippen molar-refractivity contribution in [3.8, 4) is 0 Å². The number of hydrogen-bond donors (Lipinski definition) is 0. The van der Waals surface area contributed by atoms with Gasteiger partial charge in [-0.15, -0.1) is 0 Å². The van der Waals surface area contributed by atoms with Crippen molar-refractivity contribution in [3.05, 3.63) is 41.7 Å². The van der Waals surface area contributed by atoms with Crippen LogP contribution in [0.25, 0.3) is 6.08 Å². The van der Waals surface area contributed by atoms with Gasteiger partial charge in [-0.3, -0.25) is 0 Å². The lowest BCUT2D eigenvalue weighted by Crippen LogP contribution is -2.28. The van der Waals surface area contributed by atoms with Crippen molar-refractivity contribution in [1.82, 2.24) is 0 Å². The molecule has 0 bridgehead atoms. The molecule has 0 aliphatic heterocycles.